The summed E-state index contributed by atoms with van der Waals surface area (Å²) in [6, 6.07) is 67.4. The molecule has 0 unspecified atom stereocenters. The molecule has 1 aliphatic rings. The van der Waals surface area contributed by atoms with E-state index in [2.05, 4.69) is 117 Å². The average Bonchev–Trinajstić information content (AvgIpc) is 3.85. The summed E-state index contributed by atoms with van der Waals surface area (Å²) >= 11 is 1.81. The van der Waals surface area contributed by atoms with Crippen LogP contribution in [-0.2, 0) is 5.41 Å². The lowest BCUT2D eigenvalue weighted by Crippen LogP contribution is -2.15. The van der Waals surface area contributed by atoms with E-state index in [0.29, 0.717) is 34.9 Å². The van der Waals surface area contributed by atoms with Gasteiger partial charge in [-0.15, -0.1) is 11.3 Å². The van der Waals surface area contributed by atoms with Crippen molar-refractivity contribution in [2.24, 2.45) is 0 Å². The van der Waals surface area contributed by atoms with Crippen LogP contribution in [0.4, 0.5) is 0 Å². The molecular weight excluding hydrogens is 801 g/mol. The maximum Gasteiger partial charge on any atom is 0.164 e. The Morgan fingerprint density at radius 1 is 0.297 bits per heavy atom. The number of hydrogen-bond acceptors (Lipinski definition) is 7. The molecule has 3 heterocycles. The summed E-state index contributed by atoms with van der Waals surface area (Å²) < 4.78 is 2.50. The van der Waals surface area contributed by atoms with Crippen molar-refractivity contribution in [3.63, 3.8) is 0 Å². The van der Waals surface area contributed by atoms with Crippen LogP contribution in [-0.4, -0.2) is 29.9 Å². The van der Waals surface area contributed by atoms with Crippen LogP contribution < -0.4 is 0 Å². The molecule has 7 heteroatoms. The van der Waals surface area contributed by atoms with Crippen LogP contribution in [0.5, 0.6) is 0 Å². The summed E-state index contributed by atoms with van der Waals surface area (Å²) in [4.78, 5) is 31.2. The third kappa shape index (κ3) is 6.48. The summed E-state index contributed by atoms with van der Waals surface area (Å²) in [6.07, 6.45) is 0. The van der Waals surface area contributed by atoms with Gasteiger partial charge >= 0.3 is 0 Å². The van der Waals surface area contributed by atoms with Crippen LogP contribution in [0.2, 0.25) is 0 Å². The molecule has 8 aromatic carbocycles. The maximum atomic E-state index is 5.28. The lowest BCUT2D eigenvalue weighted by molar-refractivity contribution is 0.660. The number of nitrogens with zero attached hydrogens (tertiary/aromatic N) is 6. The Labute approximate surface area is 374 Å². The fraction of sp³-hybridized carbons (Fsp3) is 0.0526. The third-order valence-electron chi connectivity index (χ3n) is 12.4. The molecule has 64 heavy (non-hydrogen) atoms. The third-order valence-corrected chi connectivity index (χ3v) is 13.6. The molecule has 12 rings (SSSR count). The zero-order chi connectivity index (χ0) is 42.8. The molecule has 0 aliphatic heterocycles. The number of benzene rings is 8. The number of thiophene rings is 1. The van der Waals surface area contributed by atoms with Gasteiger partial charge in [-0.05, 0) is 63.7 Å². The normalized spacial score (nSPS) is 12.7. The smallest absolute Gasteiger partial charge is 0.164 e. The average molecular weight is 839 g/mol. The van der Waals surface area contributed by atoms with Crippen LogP contribution in [0.25, 0.3) is 111 Å². The van der Waals surface area contributed by atoms with Gasteiger partial charge in [0.2, 0.25) is 0 Å². The fourth-order valence-electron chi connectivity index (χ4n) is 9.14. The molecule has 1 aliphatic carbocycles. The van der Waals surface area contributed by atoms with Crippen molar-refractivity contribution < 1.29 is 0 Å². The molecule has 0 fully saturated rings. The minimum Gasteiger partial charge on any atom is -0.208 e. The van der Waals surface area contributed by atoms with Crippen LogP contribution in [0, 0.1) is 0 Å². The van der Waals surface area contributed by atoms with Gasteiger partial charge in [0.15, 0.2) is 34.9 Å². The predicted molar refractivity (Wildman–Crippen MR) is 262 cm³/mol. The largest absolute Gasteiger partial charge is 0.208 e. The van der Waals surface area contributed by atoms with E-state index in [0.717, 1.165) is 44.5 Å². The minimum atomic E-state index is -0.176. The van der Waals surface area contributed by atoms with E-state index in [9.17, 15) is 0 Å². The fourth-order valence-corrected chi connectivity index (χ4v) is 10.2. The highest BCUT2D eigenvalue weighted by molar-refractivity contribution is 7.25. The van der Waals surface area contributed by atoms with Crippen molar-refractivity contribution in [3.8, 4) is 90.6 Å². The van der Waals surface area contributed by atoms with Crippen molar-refractivity contribution in [1.82, 2.24) is 29.9 Å². The highest BCUT2D eigenvalue weighted by atomic mass is 32.1. The molecule has 0 saturated heterocycles. The zero-order valence-corrected chi connectivity index (χ0v) is 35.9. The number of rotatable bonds is 7. The molecule has 6 nitrogen and oxygen atoms in total. The highest BCUT2D eigenvalue weighted by Gasteiger charge is 2.35. The molecule has 0 spiro atoms. The summed E-state index contributed by atoms with van der Waals surface area (Å²) in [7, 11) is 0. The standard InChI is InChI=1S/C57H38N6S/c1-57(2)47-24-14-12-22-42(47)43-30-27-40(34-48(43)57)55-60-51(35-16-6-3-7-17-35)59-54(61-55)39-26-29-41(38-28-31-50-45(32-38)44-23-13-15-25-49(44)64-50)46(33-39)56-62-52(36-18-8-4-9-19-36)58-53(63-56)37-20-10-5-11-21-37/h3-34H,1-2H3. The Morgan fingerprint density at radius 3 is 1.38 bits per heavy atom. The number of aromatic nitrogens is 6. The van der Waals surface area contributed by atoms with Gasteiger partial charge in [0, 0.05) is 59.0 Å². The van der Waals surface area contributed by atoms with E-state index in [1.54, 1.807) is 0 Å². The molecule has 0 bridgehead atoms. The second-order valence-electron chi connectivity index (χ2n) is 16.7. The highest BCUT2D eigenvalue weighted by Crippen LogP contribution is 2.49. The van der Waals surface area contributed by atoms with Crippen molar-refractivity contribution >= 4 is 31.5 Å². The molecule has 0 atom stereocenters. The number of hydrogen-bond donors (Lipinski definition) is 0. The van der Waals surface area contributed by atoms with E-state index in [1.807, 2.05) is 102 Å². The van der Waals surface area contributed by atoms with Crippen LogP contribution in [0.1, 0.15) is 25.0 Å². The van der Waals surface area contributed by atoms with Gasteiger partial charge in [-0.25, -0.2) is 29.9 Å². The molecule has 0 saturated carbocycles. The van der Waals surface area contributed by atoms with E-state index in [-0.39, 0.29) is 5.41 Å². The lowest BCUT2D eigenvalue weighted by Gasteiger charge is -2.21. The van der Waals surface area contributed by atoms with Gasteiger partial charge < -0.3 is 0 Å². The van der Waals surface area contributed by atoms with Gasteiger partial charge in [-0.3, -0.25) is 0 Å². The van der Waals surface area contributed by atoms with Gasteiger partial charge in [0.25, 0.3) is 0 Å². The van der Waals surface area contributed by atoms with Crippen LogP contribution >= 0.6 is 11.3 Å². The minimum absolute atomic E-state index is 0.176. The maximum absolute atomic E-state index is 5.28. The van der Waals surface area contributed by atoms with Gasteiger partial charge in [-0.1, -0.05) is 178 Å². The second-order valence-corrected chi connectivity index (χ2v) is 17.8. The Bertz CT molecular complexity index is 3530. The molecule has 0 amide bonds. The zero-order valence-electron chi connectivity index (χ0n) is 35.1. The van der Waals surface area contributed by atoms with Crippen LogP contribution in [0.15, 0.2) is 194 Å². The first-order valence-corrected chi connectivity index (χ1v) is 22.3. The Kier molecular flexibility index (Phi) is 8.91. The van der Waals surface area contributed by atoms with Crippen LogP contribution in [0.3, 0.4) is 0 Å². The first-order chi connectivity index (χ1) is 31.4. The second kappa shape index (κ2) is 15.1. The van der Waals surface area contributed by atoms with Crippen molar-refractivity contribution in [1.29, 1.82) is 0 Å². The molecule has 11 aromatic rings. The monoisotopic (exact) mass is 838 g/mol. The first-order valence-electron chi connectivity index (χ1n) is 21.4. The SMILES string of the molecule is CC1(C)c2ccccc2-c2ccc(-c3nc(-c4ccccc4)nc(-c4ccc(-c5ccc6sc7ccccc7c6c5)c(-c5nc(-c6ccccc6)nc(-c6ccccc6)n5)c4)n3)cc21. The molecular formula is C57H38N6S. The van der Waals surface area contributed by atoms with Gasteiger partial charge in [0.05, 0.1) is 0 Å². The summed E-state index contributed by atoms with van der Waals surface area (Å²) in [5.74, 6) is 3.50. The molecule has 302 valence electrons. The van der Waals surface area contributed by atoms with Crippen molar-refractivity contribution in [3.05, 3.63) is 205 Å². The molecule has 3 aromatic heterocycles. The summed E-state index contributed by atoms with van der Waals surface area (Å²) in [6.45, 7) is 4.59. The molecule has 0 radical (unpaired) electrons. The summed E-state index contributed by atoms with van der Waals surface area (Å²) in [5, 5.41) is 2.46. The number of fused-ring (bicyclic) bond motifs is 6. The Morgan fingerprint density at radius 2 is 0.750 bits per heavy atom. The van der Waals surface area contributed by atoms with E-state index in [4.69, 9.17) is 29.9 Å². The van der Waals surface area contributed by atoms with E-state index in [1.165, 1.54) is 42.4 Å². The predicted octanol–water partition coefficient (Wildman–Crippen LogP) is 14.4. The first kappa shape index (κ1) is 37.7. The van der Waals surface area contributed by atoms with Gasteiger partial charge in [-0.2, -0.15) is 0 Å². The Balaban J connectivity index is 1.08. The van der Waals surface area contributed by atoms with Crippen molar-refractivity contribution in [2.75, 3.05) is 0 Å². The van der Waals surface area contributed by atoms with Gasteiger partial charge in [0.1, 0.15) is 0 Å². The van der Waals surface area contributed by atoms with E-state index >= 15 is 0 Å². The molecule has 0 N–H and O–H groups in total. The summed E-state index contributed by atoms with van der Waals surface area (Å²) in [5.41, 5.74) is 12.3. The topological polar surface area (TPSA) is 77.3 Å². The Hall–Kier alpha value is -8.00. The van der Waals surface area contributed by atoms with E-state index < -0.39 is 0 Å². The lowest BCUT2D eigenvalue weighted by atomic mass is 9.82. The van der Waals surface area contributed by atoms with Crippen molar-refractivity contribution in [2.45, 2.75) is 19.3 Å². The quantitative estimate of drug-likeness (QED) is 0.159.